The molecule has 2 aromatic carbocycles. The number of amides is 1. The summed E-state index contributed by atoms with van der Waals surface area (Å²) < 4.78 is 49.1. The number of methoxy groups -OCH3 is 1. The molecule has 1 saturated heterocycles. The number of benzene rings is 2. The first kappa shape index (κ1) is 29.1. The Morgan fingerprint density at radius 2 is 1.77 bits per heavy atom. The molecule has 1 aliphatic rings. The third-order valence-corrected chi connectivity index (χ3v) is 8.50. The quantitative estimate of drug-likeness (QED) is 0.354. The highest BCUT2D eigenvalue weighted by molar-refractivity contribution is 7.89. The number of hydrogen-bond donors (Lipinski definition) is 1. The minimum atomic E-state index is -3.67. The molecule has 1 amide bonds. The van der Waals surface area contributed by atoms with Crippen LogP contribution >= 0.6 is 0 Å². The Morgan fingerprint density at radius 1 is 1.02 bits per heavy atom. The van der Waals surface area contributed by atoms with Gasteiger partial charge in [-0.15, -0.1) is 0 Å². The lowest BCUT2D eigenvalue weighted by atomic mass is 10.2. The average Bonchev–Trinajstić information content (AvgIpc) is 3.13. The number of nitrogens with one attached hydrogen (secondary N) is 1. The second-order valence-corrected chi connectivity index (χ2v) is 11.4. The summed E-state index contributed by atoms with van der Waals surface area (Å²) >= 11 is 0. The summed E-state index contributed by atoms with van der Waals surface area (Å²) in [6.07, 6.45) is 3.67. The second kappa shape index (κ2) is 13.0. The average molecular weight is 572 g/mol. The molecule has 0 spiro atoms. The van der Waals surface area contributed by atoms with E-state index >= 15 is 0 Å². The number of carbonyl (C=O) groups excluding carboxylic acids is 2. The molecule has 1 fully saturated rings. The number of aryl methyl sites for hydroxylation is 2. The molecule has 0 unspecified atom stereocenters. The van der Waals surface area contributed by atoms with Crippen molar-refractivity contribution >= 4 is 27.6 Å². The van der Waals surface area contributed by atoms with Crippen LogP contribution in [0, 0.1) is 13.8 Å². The number of nitrogens with zero attached hydrogens (tertiary/aromatic N) is 2. The smallest absolute Gasteiger partial charge is 0.338 e. The van der Waals surface area contributed by atoms with Gasteiger partial charge in [-0.25, -0.2) is 13.2 Å². The number of anilines is 1. The summed E-state index contributed by atoms with van der Waals surface area (Å²) in [6, 6.07) is 10.6. The van der Waals surface area contributed by atoms with Gasteiger partial charge in [0.05, 0.1) is 28.8 Å². The fourth-order valence-corrected chi connectivity index (χ4v) is 5.91. The van der Waals surface area contributed by atoms with Crippen LogP contribution in [0.3, 0.4) is 0 Å². The predicted molar refractivity (Wildman–Crippen MR) is 146 cm³/mol. The third kappa shape index (κ3) is 6.99. The molecular weight excluding hydrogens is 538 g/mol. The number of hydrogen-bond acceptors (Lipinski definition) is 9. The first-order chi connectivity index (χ1) is 19.2. The topological polar surface area (TPSA) is 137 Å². The van der Waals surface area contributed by atoms with Gasteiger partial charge < -0.3 is 24.1 Å². The Hall–Kier alpha value is -3.90. The highest BCUT2D eigenvalue weighted by Gasteiger charge is 2.25. The third-order valence-electron chi connectivity index (χ3n) is 6.61. The monoisotopic (exact) mass is 571 g/mol. The van der Waals surface area contributed by atoms with Crippen LogP contribution in [0.2, 0.25) is 0 Å². The minimum absolute atomic E-state index is 0.105. The van der Waals surface area contributed by atoms with Gasteiger partial charge >= 0.3 is 5.97 Å². The highest BCUT2D eigenvalue weighted by Crippen LogP contribution is 2.30. The largest absolute Gasteiger partial charge is 0.493 e. The van der Waals surface area contributed by atoms with E-state index in [1.807, 2.05) is 6.92 Å². The first-order valence-electron chi connectivity index (χ1n) is 13.0. The van der Waals surface area contributed by atoms with Crippen LogP contribution in [-0.4, -0.2) is 56.6 Å². The van der Waals surface area contributed by atoms with Crippen LogP contribution in [0.5, 0.6) is 11.5 Å². The number of ether oxygens (including phenoxy) is 3. The van der Waals surface area contributed by atoms with Crippen molar-refractivity contribution in [1.82, 2.24) is 9.46 Å². The molecule has 0 atom stereocenters. The first-order valence-corrected chi connectivity index (χ1v) is 14.4. The van der Waals surface area contributed by atoms with Gasteiger partial charge in [-0.1, -0.05) is 24.1 Å². The van der Waals surface area contributed by atoms with E-state index in [0.29, 0.717) is 36.0 Å². The van der Waals surface area contributed by atoms with E-state index in [4.69, 9.17) is 18.7 Å². The summed E-state index contributed by atoms with van der Waals surface area (Å²) in [5.74, 6) is 0.0351. The molecule has 0 saturated carbocycles. The van der Waals surface area contributed by atoms with E-state index in [9.17, 15) is 18.0 Å². The Balaban J connectivity index is 1.34. The maximum Gasteiger partial charge on any atom is 0.338 e. The SMILES string of the molecule is COc1cc(C(=O)OCC(=O)Nc2cccc(S(=O)(=O)N3CCCCCC3)c2)ccc1OCc1c(C)noc1C. The fourth-order valence-electron chi connectivity index (χ4n) is 4.35. The lowest BCUT2D eigenvalue weighted by molar-refractivity contribution is -0.119. The van der Waals surface area contributed by atoms with Gasteiger partial charge in [-0.3, -0.25) is 4.79 Å². The van der Waals surface area contributed by atoms with Gasteiger partial charge in [0.15, 0.2) is 18.1 Å². The zero-order valence-electron chi connectivity index (χ0n) is 22.8. The summed E-state index contributed by atoms with van der Waals surface area (Å²) in [6.45, 7) is 4.22. The Morgan fingerprint density at radius 3 is 2.45 bits per heavy atom. The van der Waals surface area contributed by atoms with Gasteiger partial charge in [-0.2, -0.15) is 4.31 Å². The van der Waals surface area contributed by atoms with Gasteiger partial charge in [0.1, 0.15) is 12.4 Å². The summed E-state index contributed by atoms with van der Waals surface area (Å²) in [5, 5.41) is 6.49. The maximum atomic E-state index is 13.1. The van der Waals surface area contributed by atoms with Gasteiger partial charge in [0, 0.05) is 18.8 Å². The summed E-state index contributed by atoms with van der Waals surface area (Å²) in [4.78, 5) is 25.2. The van der Waals surface area contributed by atoms with Gasteiger partial charge in [0.2, 0.25) is 10.0 Å². The molecule has 0 bridgehead atoms. The van der Waals surface area contributed by atoms with Crippen LogP contribution in [-0.2, 0) is 26.2 Å². The van der Waals surface area contributed by atoms with Crippen molar-refractivity contribution in [3.8, 4) is 11.5 Å². The van der Waals surface area contributed by atoms with Crippen molar-refractivity contribution in [3.05, 3.63) is 65.0 Å². The van der Waals surface area contributed by atoms with Crippen molar-refractivity contribution in [2.24, 2.45) is 0 Å². The molecule has 11 nitrogen and oxygen atoms in total. The normalized spacial score (nSPS) is 14.3. The van der Waals surface area contributed by atoms with Crippen molar-refractivity contribution in [2.75, 3.05) is 32.1 Å². The molecule has 12 heteroatoms. The van der Waals surface area contributed by atoms with Gasteiger partial charge in [0.25, 0.3) is 5.91 Å². The standard InChI is InChI=1S/C28H33N3O8S/c1-19-24(20(2)39-30-19)17-37-25-12-11-21(15-26(25)36-3)28(33)38-18-27(32)29-22-9-8-10-23(16-22)40(34,35)31-13-6-4-5-7-14-31/h8-12,15-16H,4-7,13-14,17-18H2,1-3H3,(H,29,32). The van der Waals surface area contributed by atoms with Gasteiger partial charge in [-0.05, 0) is 63.1 Å². The lowest BCUT2D eigenvalue weighted by Crippen LogP contribution is -2.32. The minimum Gasteiger partial charge on any atom is -0.493 e. The van der Waals surface area contributed by atoms with E-state index < -0.39 is 28.5 Å². The molecule has 1 aromatic heterocycles. The molecule has 0 aliphatic carbocycles. The van der Waals surface area contributed by atoms with E-state index in [1.54, 1.807) is 25.1 Å². The number of esters is 1. The summed E-state index contributed by atoms with van der Waals surface area (Å²) in [5.41, 5.74) is 2.00. The van der Waals surface area contributed by atoms with E-state index in [-0.39, 0.29) is 17.1 Å². The molecule has 1 N–H and O–H groups in total. The Kier molecular flexibility index (Phi) is 9.43. The second-order valence-electron chi connectivity index (χ2n) is 9.43. The predicted octanol–water partition coefficient (Wildman–Crippen LogP) is 4.24. The van der Waals surface area contributed by atoms with Crippen LogP contribution < -0.4 is 14.8 Å². The number of aromatic nitrogens is 1. The van der Waals surface area contributed by atoms with E-state index in [2.05, 4.69) is 10.5 Å². The highest BCUT2D eigenvalue weighted by atomic mass is 32.2. The molecule has 4 rings (SSSR count). The zero-order valence-corrected chi connectivity index (χ0v) is 23.6. The van der Waals surface area contributed by atoms with Crippen LogP contribution in [0.1, 0.15) is 53.1 Å². The van der Waals surface area contributed by atoms with Crippen molar-refractivity contribution < 1.29 is 36.7 Å². The fraction of sp³-hybridized carbons (Fsp3) is 0.393. The summed E-state index contributed by atoms with van der Waals surface area (Å²) in [7, 11) is -2.22. The Bertz CT molecular complexity index is 1440. The lowest BCUT2D eigenvalue weighted by Gasteiger charge is -2.20. The van der Waals surface area contributed by atoms with Crippen molar-refractivity contribution in [2.45, 2.75) is 51.0 Å². The van der Waals surface area contributed by atoms with Crippen LogP contribution in [0.15, 0.2) is 51.9 Å². The van der Waals surface area contributed by atoms with E-state index in [0.717, 1.165) is 36.9 Å². The maximum absolute atomic E-state index is 13.1. The van der Waals surface area contributed by atoms with Crippen molar-refractivity contribution in [3.63, 3.8) is 0 Å². The van der Waals surface area contributed by atoms with Crippen LogP contribution in [0.4, 0.5) is 5.69 Å². The van der Waals surface area contributed by atoms with E-state index in [1.165, 1.54) is 35.7 Å². The molecular formula is C28H33N3O8S. The molecule has 1 aliphatic heterocycles. The van der Waals surface area contributed by atoms with Crippen LogP contribution in [0.25, 0.3) is 0 Å². The number of carbonyl (C=O) groups is 2. The number of sulfonamides is 1. The molecule has 214 valence electrons. The molecule has 3 aromatic rings. The zero-order chi connectivity index (χ0) is 28.7. The Labute approximate surface area is 233 Å². The molecule has 0 radical (unpaired) electrons. The molecule has 40 heavy (non-hydrogen) atoms. The number of rotatable bonds is 10. The van der Waals surface area contributed by atoms with Crippen molar-refractivity contribution in [1.29, 1.82) is 0 Å². The molecule has 2 heterocycles.